The summed E-state index contributed by atoms with van der Waals surface area (Å²) in [7, 11) is 0. The van der Waals surface area contributed by atoms with Crippen LogP contribution < -0.4 is 8.27 Å². The molecule has 1 unspecified atom stereocenters. The van der Waals surface area contributed by atoms with Gasteiger partial charge in [0, 0.05) is 35.0 Å². The average molecular weight is 356 g/mol. The summed E-state index contributed by atoms with van der Waals surface area (Å²) in [5.41, 5.74) is 1.94. The molecule has 1 rings (SSSR count). The first-order chi connectivity index (χ1) is 7.56. The lowest BCUT2D eigenvalue weighted by Gasteiger charge is -2.14. The van der Waals surface area contributed by atoms with E-state index in [0.717, 1.165) is 21.9 Å². The van der Waals surface area contributed by atoms with E-state index in [1.807, 2.05) is 48.8 Å². The minimum absolute atomic E-state index is 0.260. The molecule has 0 heterocycles. The summed E-state index contributed by atoms with van der Waals surface area (Å²) < 4.78 is 8.36. The fourth-order valence-corrected chi connectivity index (χ4v) is 1.96. The normalized spacial score (nSPS) is 12.6. The van der Waals surface area contributed by atoms with Gasteiger partial charge in [0.05, 0.1) is 5.02 Å². The lowest BCUT2D eigenvalue weighted by Crippen LogP contribution is -2.26. The smallest absolute Gasteiger partial charge is 0.123 e. The van der Waals surface area contributed by atoms with Crippen LogP contribution >= 0.6 is 34.5 Å². The predicted molar refractivity (Wildman–Crippen MR) is 74.5 cm³/mol. The number of aryl methyl sites for hydroxylation is 1. The van der Waals surface area contributed by atoms with Gasteiger partial charge in [0.25, 0.3) is 0 Å². The van der Waals surface area contributed by atoms with Crippen LogP contribution in [0.25, 0.3) is 0 Å². The van der Waals surface area contributed by atoms with Crippen molar-refractivity contribution in [2.45, 2.75) is 20.0 Å². The molecule has 3 nitrogen and oxygen atoms in total. The zero-order chi connectivity index (χ0) is 12.1. The van der Waals surface area contributed by atoms with Crippen molar-refractivity contribution in [1.29, 1.82) is 0 Å². The van der Waals surface area contributed by atoms with Crippen molar-refractivity contribution in [3.63, 3.8) is 0 Å². The van der Waals surface area contributed by atoms with Crippen LogP contribution in [0.15, 0.2) is 12.1 Å². The van der Waals surface area contributed by atoms with E-state index >= 15 is 0 Å². The van der Waals surface area contributed by atoms with E-state index in [4.69, 9.17) is 16.3 Å². The van der Waals surface area contributed by atoms with E-state index in [-0.39, 0.29) is 6.61 Å². The molecule has 0 saturated heterocycles. The number of ether oxygens (including phenoxy) is 1. The van der Waals surface area contributed by atoms with E-state index in [9.17, 15) is 5.11 Å². The molecule has 0 saturated carbocycles. The zero-order valence-corrected chi connectivity index (χ0v) is 12.2. The molecule has 1 atom stereocenters. The summed E-state index contributed by atoms with van der Waals surface area (Å²) in [4.78, 5) is 0. The maximum atomic E-state index is 9.50. The number of hydrogen-bond donors (Lipinski definition) is 2. The molecule has 0 aromatic heterocycles. The van der Waals surface area contributed by atoms with Crippen molar-refractivity contribution in [3.05, 3.63) is 28.3 Å². The van der Waals surface area contributed by atoms with E-state index < -0.39 is 6.10 Å². The molecule has 0 aliphatic carbocycles. The summed E-state index contributed by atoms with van der Waals surface area (Å²) in [6.07, 6.45) is -0.517. The van der Waals surface area contributed by atoms with Crippen LogP contribution in [0.5, 0.6) is 5.75 Å². The Hall–Kier alpha value is -0.0400. The average Bonchev–Trinajstić information content (AvgIpc) is 2.25. The summed E-state index contributed by atoms with van der Waals surface area (Å²) in [6, 6.07) is 3.79. The zero-order valence-electron chi connectivity index (χ0n) is 9.26. The van der Waals surface area contributed by atoms with Gasteiger partial charge in [0.15, 0.2) is 0 Å². The quantitative estimate of drug-likeness (QED) is 0.630. The molecule has 1 aromatic carbocycles. The molecule has 16 heavy (non-hydrogen) atoms. The Bertz CT molecular complexity index is 360. The van der Waals surface area contributed by atoms with Gasteiger partial charge in [-0.25, -0.2) is 0 Å². The summed E-state index contributed by atoms with van der Waals surface area (Å²) in [6.45, 7) is 4.62. The van der Waals surface area contributed by atoms with Gasteiger partial charge in [-0.2, -0.15) is 0 Å². The third kappa shape index (κ3) is 3.76. The molecule has 0 bridgehead atoms. The highest BCUT2D eigenvalue weighted by molar-refractivity contribution is 14.1. The second-order valence-corrected chi connectivity index (χ2v) is 4.76. The van der Waals surface area contributed by atoms with Gasteiger partial charge in [0.2, 0.25) is 0 Å². The lowest BCUT2D eigenvalue weighted by molar-refractivity contribution is 0.112. The van der Waals surface area contributed by atoms with Gasteiger partial charge >= 0.3 is 0 Å². The molecule has 90 valence electrons. The van der Waals surface area contributed by atoms with Crippen molar-refractivity contribution >= 4 is 34.5 Å². The first-order valence-corrected chi connectivity index (χ1v) is 6.42. The van der Waals surface area contributed by atoms with Gasteiger partial charge in [-0.15, -0.1) is 0 Å². The van der Waals surface area contributed by atoms with Gasteiger partial charge in [-0.1, -0.05) is 17.7 Å². The maximum absolute atomic E-state index is 9.50. The Labute approximate surface area is 115 Å². The van der Waals surface area contributed by atoms with Crippen molar-refractivity contribution in [2.75, 3.05) is 13.2 Å². The van der Waals surface area contributed by atoms with E-state index in [1.165, 1.54) is 0 Å². The van der Waals surface area contributed by atoms with Crippen LogP contribution in [0.1, 0.15) is 11.1 Å². The summed E-state index contributed by atoms with van der Waals surface area (Å²) >= 11 is 8.09. The highest BCUT2D eigenvalue weighted by atomic mass is 127. The van der Waals surface area contributed by atoms with Gasteiger partial charge < -0.3 is 9.84 Å². The second-order valence-electron chi connectivity index (χ2n) is 3.62. The largest absolute Gasteiger partial charge is 0.491 e. The highest BCUT2D eigenvalue weighted by Gasteiger charge is 2.09. The number of aliphatic hydroxyl groups excluding tert-OH is 1. The molecule has 0 fully saturated rings. The summed E-state index contributed by atoms with van der Waals surface area (Å²) in [5.74, 6) is 0.725. The van der Waals surface area contributed by atoms with Crippen LogP contribution in [0, 0.1) is 13.8 Å². The topological polar surface area (TPSA) is 41.5 Å². The first-order valence-electron chi connectivity index (χ1n) is 4.96. The molecule has 1 aromatic rings. The van der Waals surface area contributed by atoms with Gasteiger partial charge in [-0.05, 0) is 25.5 Å². The fraction of sp³-hybridized carbons (Fsp3) is 0.455. The number of rotatable bonds is 5. The second kappa shape index (κ2) is 6.64. The van der Waals surface area contributed by atoms with E-state index in [1.54, 1.807) is 0 Å². The minimum Gasteiger partial charge on any atom is -0.491 e. The van der Waals surface area contributed by atoms with Gasteiger partial charge in [-0.3, -0.25) is 3.53 Å². The van der Waals surface area contributed by atoms with E-state index in [2.05, 4.69) is 3.53 Å². The first kappa shape index (κ1) is 14.0. The SMILES string of the molecule is Cc1ccc(OCC(O)CNI)c(C)c1Cl. The Morgan fingerprint density at radius 1 is 1.50 bits per heavy atom. The Balaban J connectivity index is 2.64. The molecule has 0 aliphatic heterocycles. The third-order valence-corrected chi connectivity index (χ3v) is 3.30. The predicted octanol–water partition coefficient (Wildman–Crippen LogP) is 2.64. The summed E-state index contributed by atoms with van der Waals surface area (Å²) in [5, 5.41) is 10.2. The minimum atomic E-state index is -0.517. The number of halogens is 2. The Morgan fingerprint density at radius 2 is 2.19 bits per heavy atom. The highest BCUT2D eigenvalue weighted by Crippen LogP contribution is 2.28. The van der Waals surface area contributed by atoms with Crippen LogP contribution in [-0.2, 0) is 0 Å². The number of nitrogens with one attached hydrogen (secondary N) is 1. The molecule has 0 spiro atoms. The third-order valence-electron chi connectivity index (χ3n) is 2.27. The van der Waals surface area contributed by atoms with Crippen molar-refractivity contribution in [2.24, 2.45) is 0 Å². The van der Waals surface area contributed by atoms with Crippen LogP contribution in [0.2, 0.25) is 5.02 Å². The molecule has 0 radical (unpaired) electrons. The Morgan fingerprint density at radius 3 is 2.81 bits per heavy atom. The molecular formula is C11H15ClINO2. The standard InChI is InChI=1S/C11H15ClINO2/c1-7-3-4-10(8(2)11(7)12)16-6-9(15)5-14-13/h3-4,9,14-15H,5-6H2,1-2H3. The number of hydrogen-bond acceptors (Lipinski definition) is 3. The molecular weight excluding hydrogens is 340 g/mol. The molecule has 0 aliphatic rings. The monoisotopic (exact) mass is 355 g/mol. The van der Waals surface area contributed by atoms with Crippen molar-refractivity contribution < 1.29 is 9.84 Å². The van der Waals surface area contributed by atoms with Crippen LogP contribution in [0.4, 0.5) is 0 Å². The number of aliphatic hydroxyl groups is 1. The fourth-order valence-electron chi connectivity index (χ4n) is 1.29. The molecule has 0 amide bonds. The molecule has 2 N–H and O–H groups in total. The Kier molecular flexibility index (Phi) is 5.82. The van der Waals surface area contributed by atoms with E-state index in [0.29, 0.717) is 6.54 Å². The maximum Gasteiger partial charge on any atom is 0.123 e. The molecule has 5 heteroatoms. The van der Waals surface area contributed by atoms with Gasteiger partial charge in [0.1, 0.15) is 18.5 Å². The van der Waals surface area contributed by atoms with Crippen LogP contribution in [-0.4, -0.2) is 24.4 Å². The number of benzene rings is 1. The lowest BCUT2D eigenvalue weighted by atomic mass is 10.1. The van der Waals surface area contributed by atoms with Crippen molar-refractivity contribution in [1.82, 2.24) is 3.53 Å². The van der Waals surface area contributed by atoms with Crippen LogP contribution in [0.3, 0.4) is 0 Å². The van der Waals surface area contributed by atoms with Crippen molar-refractivity contribution in [3.8, 4) is 5.75 Å².